The zero-order valence-corrected chi connectivity index (χ0v) is 11.9. The van der Waals surface area contributed by atoms with Crippen molar-refractivity contribution in [1.82, 2.24) is 20.6 Å². The fraction of sp³-hybridized carbons (Fsp3) is 0. The molecule has 2 aromatic heterocycles. The first kappa shape index (κ1) is 14.6. The molecule has 114 valence electrons. The summed E-state index contributed by atoms with van der Waals surface area (Å²) >= 11 is 0. The first-order chi connectivity index (χ1) is 11.2. The highest BCUT2D eigenvalue weighted by atomic mass is 19.1. The van der Waals surface area contributed by atoms with Crippen molar-refractivity contribution in [2.75, 3.05) is 0 Å². The molecule has 3 aromatic rings. The number of pyridine rings is 1. The van der Waals surface area contributed by atoms with Crippen LogP contribution in [0.1, 0.15) is 15.9 Å². The topological polar surface area (TPSA) is 83.0 Å². The van der Waals surface area contributed by atoms with Crippen LogP contribution in [0.25, 0.3) is 11.3 Å². The molecule has 0 spiro atoms. The summed E-state index contributed by atoms with van der Waals surface area (Å²) in [6.45, 7) is 0. The fourth-order valence-corrected chi connectivity index (χ4v) is 1.97. The first-order valence-electron chi connectivity index (χ1n) is 6.77. The number of hydrogen-bond donors (Lipinski definition) is 2. The van der Waals surface area contributed by atoms with Crippen LogP contribution in [-0.4, -0.2) is 27.3 Å². The molecule has 6 nitrogen and oxygen atoms in total. The van der Waals surface area contributed by atoms with Crippen LogP contribution in [0, 0.1) is 5.82 Å². The van der Waals surface area contributed by atoms with Crippen molar-refractivity contribution in [3.05, 3.63) is 71.9 Å². The second kappa shape index (κ2) is 6.61. The smallest absolute Gasteiger partial charge is 0.271 e. The van der Waals surface area contributed by atoms with Gasteiger partial charge in [-0.25, -0.2) is 9.82 Å². The maximum atomic E-state index is 13.0. The number of hydrazone groups is 1. The Labute approximate surface area is 131 Å². The molecule has 23 heavy (non-hydrogen) atoms. The molecule has 0 unspecified atom stereocenters. The molecule has 2 N–H and O–H groups in total. The number of carbonyl (C=O) groups excluding carboxylic acids is 1. The van der Waals surface area contributed by atoms with Crippen LogP contribution < -0.4 is 5.43 Å². The monoisotopic (exact) mass is 309 g/mol. The SMILES string of the molecule is O=C(N/N=C\c1cn[nH]c1-c1ccc(F)cc1)c1ccncc1. The summed E-state index contributed by atoms with van der Waals surface area (Å²) in [5, 5.41) is 10.7. The maximum absolute atomic E-state index is 13.0. The molecule has 0 atom stereocenters. The molecule has 2 heterocycles. The van der Waals surface area contributed by atoms with E-state index < -0.39 is 0 Å². The number of benzene rings is 1. The Bertz CT molecular complexity index is 827. The van der Waals surface area contributed by atoms with Crippen LogP contribution in [0.15, 0.2) is 60.1 Å². The van der Waals surface area contributed by atoms with Crippen LogP contribution in [0.3, 0.4) is 0 Å². The Kier molecular flexibility index (Phi) is 4.19. The first-order valence-corrected chi connectivity index (χ1v) is 6.77. The van der Waals surface area contributed by atoms with E-state index in [4.69, 9.17) is 0 Å². The number of H-pyrrole nitrogens is 1. The van der Waals surface area contributed by atoms with Crippen LogP contribution >= 0.6 is 0 Å². The number of aromatic nitrogens is 3. The van der Waals surface area contributed by atoms with Gasteiger partial charge in [-0.05, 0) is 36.4 Å². The summed E-state index contributed by atoms with van der Waals surface area (Å²) < 4.78 is 13.0. The Morgan fingerprint density at radius 3 is 2.65 bits per heavy atom. The number of nitrogens with zero attached hydrogens (tertiary/aromatic N) is 3. The molecule has 0 radical (unpaired) electrons. The van der Waals surface area contributed by atoms with Crippen LogP contribution in [0.4, 0.5) is 4.39 Å². The molecular weight excluding hydrogens is 297 g/mol. The fourth-order valence-electron chi connectivity index (χ4n) is 1.97. The summed E-state index contributed by atoms with van der Waals surface area (Å²) in [5.74, 6) is -0.649. The molecule has 0 saturated heterocycles. The van der Waals surface area contributed by atoms with Gasteiger partial charge in [0.2, 0.25) is 0 Å². The lowest BCUT2D eigenvalue weighted by Crippen LogP contribution is -2.17. The van der Waals surface area contributed by atoms with E-state index in [2.05, 4.69) is 25.7 Å². The highest BCUT2D eigenvalue weighted by molar-refractivity contribution is 5.95. The van der Waals surface area contributed by atoms with Gasteiger partial charge in [-0.2, -0.15) is 10.2 Å². The highest BCUT2D eigenvalue weighted by Gasteiger charge is 2.07. The predicted molar refractivity (Wildman–Crippen MR) is 83.3 cm³/mol. The largest absolute Gasteiger partial charge is 0.277 e. The van der Waals surface area contributed by atoms with Gasteiger partial charge in [0.05, 0.1) is 18.1 Å². The Balaban J connectivity index is 1.73. The number of rotatable bonds is 4. The molecule has 0 bridgehead atoms. The van der Waals surface area contributed by atoms with Gasteiger partial charge in [-0.1, -0.05) is 0 Å². The lowest BCUT2D eigenvalue weighted by Gasteiger charge is -2.00. The number of halogens is 1. The van der Waals surface area contributed by atoms with E-state index in [1.165, 1.54) is 30.7 Å². The van der Waals surface area contributed by atoms with E-state index in [9.17, 15) is 9.18 Å². The number of aromatic amines is 1. The number of amides is 1. The molecule has 1 aromatic carbocycles. The van der Waals surface area contributed by atoms with Gasteiger partial charge in [0.1, 0.15) is 5.82 Å². The second-order valence-corrected chi connectivity index (χ2v) is 4.64. The standard InChI is InChI=1S/C16H12FN5O/c17-14-3-1-11(2-4-14)15-13(9-19-21-15)10-20-22-16(23)12-5-7-18-8-6-12/h1-10H,(H,19,21)(H,22,23)/b20-10-. The number of hydrogen-bond acceptors (Lipinski definition) is 4. The molecule has 7 heteroatoms. The van der Waals surface area contributed by atoms with Gasteiger partial charge in [-0.3, -0.25) is 14.9 Å². The van der Waals surface area contributed by atoms with Crippen molar-refractivity contribution in [1.29, 1.82) is 0 Å². The van der Waals surface area contributed by atoms with Crippen molar-refractivity contribution in [2.24, 2.45) is 5.10 Å². The molecule has 3 rings (SSSR count). The average molecular weight is 309 g/mol. The predicted octanol–water partition coefficient (Wildman–Crippen LogP) is 2.37. The van der Waals surface area contributed by atoms with Crippen molar-refractivity contribution in [2.45, 2.75) is 0 Å². The molecule has 0 aliphatic rings. The minimum absolute atomic E-state index is 0.312. The third-order valence-corrected chi connectivity index (χ3v) is 3.11. The second-order valence-electron chi connectivity index (χ2n) is 4.64. The van der Waals surface area contributed by atoms with Gasteiger partial charge in [0.15, 0.2) is 0 Å². The molecular formula is C16H12FN5O. The van der Waals surface area contributed by atoms with Gasteiger partial charge < -0.3 is 0 Å². The summed E-state index contributed by atoms with van der Waals surface area (Å²) in [7, 11) is 0. The zero-order chi connectivity index (χ0) is 16.1. The minimum atomic E-state index is -0.338. The third kappa shape index (κ3) is 3.46. The van der Waals surface area contributed by atoms with Crippen molar-refractivity contribution in [3.63, 3.8) is 0 Å². The average Bonchev–Trinajstić information content (AvgIpc) is 3.05. The van der Waals surface area contributed by atoms with Crippen LogP contribution in [0.2, 0.25) is 0 Å². The summed E-state index contributed by atoms with van der Waals surface area (Å²) in [6, 6.07) is 9.18. The Hall–Kier alpha value is -3.35. The van der Waals surface area contributed by atoms with Gasteiger partial charge >= 0.3 is 0 Å². The molecule has 0 saturated carbocycles. The van der Waals surface area contributed by atoms with E-state index in [0.29, 0.717) is 16.8 Å². The minimum Gasteiger partial charge on any atom is -0.277 e. The van der Waals surface area contributed by atoms with Gasteiger partial charge in [0.25, 0.3) is 5.91 Å². The van der Waals surface area contributed by atoms with Gasteiger partial charge in [-0.15, -0.1) is 0 Å². The van der Waals surface area contributed by atoms with Crippen molar-refractivity contribution in [3.8, 4) is 11.3 Å². The summed E-state index contributed by atoms with van der Waals surface area (Å²) in [5.41, 5.74) is 5.02. The van der Waals surface area contributed by atoms with Crippen LogP contribution in [-0.2, 0) is 0 Å². The Morgan fingerprint density at radius 1 is 1.17 bits per heavy atom. The van der Waals surface area contributed by atoms with Crippen molar-refractivity contribution >= 4 is 12.1 Å². The highest BCUT2D eigenvalue weighted by Crippen LogP contribution is 2.19. The number of carbonyl (C=O) groups is 1. The van der Waals surface area contributed by atoms with E-state index in [1.807, 2.05) is 0 Å². The zero-order valence-electron chi connectivity index (χ0n) is 11.9. The lowest BCUT2D eigenvalue weighted by atomic mass is 10.1. The Morgan fingerprint density at radius 2 is 1.91 bits per heavy atom. The van der Waals surface area contributed by atoms with Gasteiger partial charge in [0, 0.05) is 29.1 Å². The maximum Gasteiger partial charge on any atom is 0.271 e. The normalized spacial score (nSPS) is 10.8. The quantitative estimate of drug-likeness (QED) is 0.573. The van der Waals surface area contributed by atoms with E-state index >= 15 is 0 Å². The van der Waals surface area contributed by atoms with Crippen molar-refractivity contribution < 1.29 is 9.18 Å². The molecule has 1 amide bonds. The van der Waals surface area contributed by atoms with Crippen LogP contribution in [0.5, 0.6) is 0 Å². The lowest BCUT2D eigenvalue weighted by molar-refractivity contribution is 0.0955. The van der Waals surface area contributed by atoms with E-state index in [-0.39, 0.29) is 11.7 Å². The van der Waals surface area contributed by atoms with E-state index in [0.717, 1.165) is 5.56 Å². The molecule has 0 aliphatic carbocycles. The summed E-state index contributed by atoms with van der Waals surface area (Å²) in [6.07, 6.45) is 6.10. The molecule has 0 aliphatic heterocycles. The third-order valence-electron chi connectivity index (χ3n) is 3.11. The summed E-state index contributed by atoms with van der Waals surface area (Å²) in [4.78, 5) is 15.7. The molecule has 0 fully saturated rings. The number of nitrogens with one attached hydrogen (secondary N) is 2. The van der Waals surface area contributed by atoms with E-state index in [1.54, 1.807) is 30.5 Å².